The van der Waals surface area contributed by atoms with Gasteiger partial charge in [-0.3, -0.25) is 4.99 Å². The van der Waals surface area contributed by atoms with Gasteiger partial charge in [-0.05, 0) is 24.8 Å². The summed E-state index contributed by atoms with van der Waals surface area (Å²) in [7, 11) is 1.65. The van der Waals surface area contributed by atoms with Crippen LogP contribution in [0, 0.1) is 5.92 Å². The minimum Gasteiger partial charge on any atom is -0.434 e. The van der Waals surface area contributed by atoms with Crippen LogP contribution < -0.4 is 15.4 Å². The summed E-state index contributed by atoms with van der Waals surface area (Å²) in [6.45, 7) is -0.418. The van der Waals surface area contributed by atoms with Gasteiger partial charge < -0.3 is 20.1 Å². The molecule has 1 saturated carbocycles. The Labute approximate surface area is 158 Å². The van der Waals surface area contributed by atoms with Crippen LogP contribution in [0.3, 0.4) is 0 Å². The Bertz CT molecular complexity index is 514. The van der Waals surface area contributed by atoms with Gasteiger partial charge in [-0.15, -0.1) is 24.0 Å². The standard InChI is InChI=1S/C16H23F2N3O2.HI/c1-19-16(20-8-9-22-11-12-6-7-12)21-10-13-4-2-3-5-14(13)23-15(17)18;/h2-5,12,15H,6-11H2,1H3,(H2,19,20,21);1H. The highest BCUT2D eigenvalue weighted by molar-refractivity contribution is 14.0. The quantitative estimate of drug-likeness (QED) is 0.260. The van der Waals surface area contributed by atoms with Crippen molar-refractivity contribution in [1.29, 1.82) is 0 Å². The predicted octanol–water partition coefficient (Wildman–Crippen LogP) is 3.00. The van der Waals surface area contributed by atoms with Gasteiger partial charge in [0, 0.05) is 32.3 Å². The minimum absolute atomic E-state index is 0. The Morgan fingerprint density at radius 2 is 2.04 bits per heavy atom. The van der Waals surface area contributed by atoms with E-state index in [9.17, 15) is 8.78 Å². The number of guanidine groups is 1. The lowest BCUT2D eigenvalue weighted by Gasteiger charge is -2.14. The molecule has 2 N–H and O–H groups in total. The molecule has 0 spiro atoms. The van der Waals surface area contributed by atoms with Crippen molar-refractivity contribution in [2.45, 2.75) is 26.0 Å². The highest BCUT2D eigenvalue weighted by Crippen LogP contribution is 2.28. The lowest BCUT2D eigenvalue weighted by molar-refractivity contribution is -0.0504. The summed E-state index contributed by atoms with van der Waals surface area (Å²) in [4.78, 5) is 4.09. The lowest BCUT2D eigenvalue weighted by Crippen LogP contribution is -2.38. The fourth-order valence-electron chi connectivity index (χ4n) is 2.04. The average molecular weight is 455 g/mol. The Kier molecular flexibility index (Phi) is 9.92. The SMILES string of the molecule is CN=C(NCCOCC1CC1)NCc1ccccc1OC(F)F.I. The smallest absolute Gasteiger partial charge is 0.387 e. The van der Waals surface area contributed by atoms with E-state index in [1.54, 1.807) is 25.2 Å². The van der Waals surface area contributed by atoms with E-state index in [1.165, 1.54) is 18.9 Å². The first-order valence-electron chi connectivity index (χ1n) is 7.74. The van der Waals surface area contributed by atoms with Crippen LogP contribution in [0.25, 0.3) is 0 Å². The molecule has 2 rings (SSSR count). The molecule has 0 heterocycles. The highest BCUT2D eigenvalue weighted by Gasteiger charge is 2.20. The van der Waals surface area contributed by atoms with Crippen LogP contribution in [0.1, 0.15) is 18.4 Å². The van der Waals surface area contributed by atoms with Crippen molar-refractivity contribution in [1.82, 2.24) is 10.6 Å². The summed E-state index contributed by atoms with van der Waals surface area (Å²) < 4.78 is 34.8. The molecule has 1 aromatic carbocycles. The van der Waals surface area contributed by atoms with Crippen LogP contribution in [-0.4, -0.2) is 39.4 Å². The molecular formula is C16H24F2IN3O2. The molecule has 1 aliphatic carbocycles. The maximum absolute atomic E-state index is 12.4. The third kappa shape index (κ3) is 8.09. The molecule has 0 unspecified atom stereocenters. The van der Waals surface area contributed by atoms with Gasteiger partial charge in [0.1, 0.15) is 5.75 Å². The summed E-state index contributed by atoms with van der Waals surface area (Å²) in [6, 6.07) is 6.69. The van der Waals surface area contributed by atoms with Crippen molar-refractivity contribution in [3.05, 3.63) is 29.8 Å². The number of halogens is 3. The number of para-hydroxylation sites is 1. The molecule has 0 amide bonds. The first kappa shape index (κ1) is 20.9. The summed E-state index contributed by atoms with van der Waals surface area (Å²) in [5.74, 6) is 1.50. The van der Waals surface area contributed by atoms with Crippen molar-refractivity contribution in [3.63, 3.8) is 0 Å². The van der Waals surface area contributed by atoms with E-state index < -0.39 is 6.61 Å². The molecule has 24 heavy (non-hydrogen) atoms. The Balaban J connectivity index is 0.00000288. The predicted molar refractivity (Wildman–Crippen MR) is 100 cm³/mol. The molecule has 0 radical (unpaired) electrons. The van der Waals surface area contributed by atoms with Crippen molar-refractivity contribution < 1.29 is 18.3 Å². The van der Waals surface area contributed by atoms with E-state index in [1.807, 2.05) is 0 Å². The van der Waals surface area contributed by atoms with Crippen LogP contribution in [0.5, 0.6) is 5.75 Å². The summed E-state index contributed by atoms with van der Waals surface area (Å²) >= 11 is 0. The van der Waals surface area contributed by atoms with Gasteiger partial charge in [0.05, 0.1) is 6.61 Å². The number of hydrogen-bond acceptors (Lipinski definition) is 3. The molecular weight excluding hydrogens is 431 g/mol. The van der Waals surface area contributed by atoms with Crippen molar-refractivity contribution in [2.75, 3.05) is 26.8 Å². The molecule has 0 aliphatic heterocycles. The first-order chi connectivity index (χ1) is 11.2. The van der Waals surface area contributed by atoms with Gasteiger partial charge >= 0.3 is 6.61 Å². The van der Waals surface area contributed by atoms with Gasteiger partial charge in [0.2, 0.25) is 0 Å². The molecule has 8 heteroatoms. The van der Waals surface area contributed by atoms with Gasteiger partial charge in [-0.25, -0.2) is 0 Å². The lowest BCUT2D eigenvalue weighted by atomic mass is 10.2. The number of rotatable bonds is 9. The monoisotopic (exact) mass is 455 g/mol. The third-order valence-corrected chi connectivity index (χ3v) is 3.45. The summed E-state index contributed by atoms with van der Waals surface area (Å²) in [5.41, 5.74) is 0.640. The van der Waals surface area contributed by atoms with Crippen LogP contribution in [0.4, 0.5) is 8.78 Å². The van der Waals surface area contributed by atoms with Gasteiger partial charge in [0.25, 0.3) is 0 Å². The molecule has 5 nitrogen and oxygen atoms in total. The van der Waals surface area contributed by atoms with Crippen molar-refractivity contribution >= 4 is 29.9 Å². The van der Waals surface area contributed by atoms with Gasteiger partial charge in [-0.2, -0.15) is 8.78 Å². The molecule has 0 atom stereocenters. The van der Waals surface area contributed by atoms with Crippen molar-refractivity contribution in [2.24, 2.45) is 10.9 Å². The number of alkyl halides is 2. The minimum atomic E-state index is -2.84. The van der Waals surface area contributed by atoms with Crippen molar-refractivity contribution in [3.8, 4) is 5.75 Å². The van der Waals surface area contributed by atoms with Gasteiger partial charge in [0.15, 0.2) is 5.96 Å². The number of nitrogens with zero attached hydrogens (tertiary/aromatic N) is 1. The largest absolute Gasteiger partial charge is 0.434 e. The van der Waals surface area contributed by atoms with E-state index in [0.717, 1.165) is 12.5 Å². The Hall–Kier alpha value is -1.16. The molecule has 0 bridgehead atoms. The zero-order chi connectivity index (χ0) is 16.5. The zero-order valence-corrected chi connectivity index (χ0v) is 16.0. The Morgan fingerprint density at radius 1 is 1.29 bits per heavy atom. The number of benzene rings is 1. The van der Waals surface area contributed by atoms with Gasteiger partial charge in [-0.1, -0.05) is 18.2 Å². The maximum Gasteiger partial charge on any atom is 0.387 e. The van der Waals surface area contributed by atoms with E-state index in [0.29, 0.717) is 31.2 Å². The second kappa shape index (κ2) is 11.4. The zero-order valence-electron chi connectivity index (χ0n) is 13.6. The Morgan fingerprint density at radius 3 is 2.71 bits per heavy atom. The second-order valence-electron chi connectivity index (χ2n) is 5.36. The maximum atomic E-state index is 12.4. The first-order valence-corrected chi connectivity index (χ1v) is 7.74. The number of aliphatic imine (C=N–C) groups is 1. The van der Waals surface area contributed by atoms with E-state index in [4.69, 9.17) is 4.74 Å². The molecule has 1 fully saturated rings. The van der Waals surface area contributed by atoms with E-state index >= 15 is 0 Å². The topological polar surface area (TPSA) is 54.9 Å². The normalized spacial score (nSPS) is 14.2. The number of hydrogen-bond donors (Lipinski definition) is 2. The summed E-state index contributed by atoms with van der Waals surface area (Å²) in [6.07, 6.45) is 2.55. The summed E-state index contributed by atoms with van der Waals surface area (Å²) in [5, 5.41) is 6.19. The third-order valence-electron chi connectivity index (χ3n) is 3.45. The second-order valence-corrected chi connectivity index (χ2v) is 5.36. The molecule has 1 aromatic rings. The highest BCUT2D eigenvalue weighted by atomic mass is 127. The van der Waals surface area contributed by atoms with Crippen LogP contribution >= 0.6 is 24.0 Å². The fraction of sp³-hybridized carbons (Fsp3) is 0.562. The van der Waals surface area contributed by atoms with Crippen LogP contribution in [0.2, 0.25) is 0 Å². The fourth-order valence-corrected chi connectivity index (χ4v) is 2.04. The van der Waals surface area contributed by atoms with E-state index in [-0.39, 0.29) is 29.7 Å². The molecule has 0 aromatic heterocycles. The number of nitrogens with one attached hydrogen (secondary N) is 2. The van der Waals surface area contributed by atoms with E-state index in [2.05, 4.69) is 20.4 Å². The molecule has 1 aliphatic rings. The van der Waals surface area contributed by atoms with Crippen LogP contribution in [0.15, 0.2) is 29.3 Å². The van der Waals surface area contributed by atoms with Crippen LogP contribution in [-0.2, 0) is 11.3 Å². The molecule has 0 saturated heterocycles. The number of ether oxygens (including phenoxy) is 2. The average Bonchev–Trinajstić information content (AvgIpc) is 3.35. The molecule has 136 valence electrons.